The minimum Gasteiger partial charge on any atom is -0.489 e. The highest BCUT2D eigenvalue weighted by Gasteiger charge is 2.07. The van der Waals surface area contributed by atoms with Crippen molar-refractivity contribution in [3.8, 4) is 5.75 Å². The van der Waals surface area contributed by atoms with Gasteiger partial charge >= 0.3 is 0 Å². The third-order valence-electron chi connectivity index (χ3n) is 3.81. The molecule has 1 aromatic heterocycles. The number of benzene rings is 2. The molecular weight excluding hydrogens is 338 g/mol. The van der Waals surface area contributed by atoms with Crippen molar-refractivity contribution in [2.24, 2.45) is 0 Å². The first-order valence-electron chi connectivity index (χ1n) is 8.91. The van der Waals surface area contributed by atoms with Gasteiger partial charge in [0.05, 0.1) is 11.8 Å². The van der Waals surface area contributed by atoms with Crippen molar-refractivity contribution in [3.05, 3.63) is 60.8 Å². The molecule has 3 rings (SSSR count). The van der Waals surface area contributed by atoms with E-state index in [-0.39, 0.29) is 6.10 Å². The first-order chi connectivity index (χ1) is 13.0. The Balaban J connectivity index is 1.74. The highest BCUT2D eigenvalue weighted by Crippen LogP contribution is 2.28. The molecule has 0 spiro atoms. The van der Waals surface area contributed by atoms with Crippen LogP contribution in [0.25, 0.3) is 0 Å². The van der Waals surface area contributed by atoms with E-state index in [4.69, 9.17) is 4.74 Å². The molecule has 0 saturated carbocycles. The number of ether oxygens (including phenoxy) is 1. The van der Waals surface area contributed by atoms with Crippen LogP contribution >= 0.6 is 0 Å². The Kier molecular flexibility index (Phi) is 5.76. The highest BCUT2D eigenvalue weighted by atomic mass is 16.5. The fourth-order valence-corrected chi connectivity index (χ4v) is 2.53. The number of rotatable bonds is 7. The molecular formula is C21H25N5O. The van der Waals surface area contributed by atoms with Crippen molar-refractivity contribution in [3.63, 3.8) is 0 Å². The van der Waals surface area contributed by atoms with Crippen LogP contribution < -0.4 is 20.3 Å². The fourth-order valence-electron chi connectivity index (χ4n) is 2.53. The maximum Gasteiger partial charge on any atom is 0.229 e. The zero-order valence-electron chi connectivity index (χ0n) is 16.1. The van der Waals surface area contributed by atoms with Crippen LogP contribution in [0.5, 0.6) is 5.75 Å². The van der Waals surface area contributed by atoms with Gasteiger partial charge in [-0.2, -0.15) is 4.98 Å². The number of anilines is 5. The second kappa shape index (κ2) is 8.40. The first-order valence-corrected chi connectivity index (χ1v) is 8.91. The lowest BCUT2D eigenvalue weighted by atomic mass is 10.2. The zero-order valence-corrected chi connectivity index (χ0v) is 16.1. The topological polar surface area (TPSA) is 62.3 Å². The van der Waals surface area contributed by atoms with Crippen LogP contribution in [0.3, 0.4) is 0 Å². The van der Waals surface area contributed by atoms with Gasteiger partial charge < -0.3 is 20.3 Å². The molecule has 0 unspecified atom stereocenters. The minimum atomic E-state index is 0.0979. The molecule has 6 heteroatoms. The number of nitrogens with one attached hydrogen (secondary N) is 2. The highest BCUT2D eigenvalue weighted by molar-refractivity contribution is 5.65. The smallest absolute Gasteiger partial charge is 0.229 e. The number of para-hydroxylation sites is 2. The standard InChI is InChI=1S/C21H25N5O/c1-15(2)27-19-8-6-5-7-18(19)24-20-13-14-22-21(25-20)23-16-9-11-17(12-10-16)26(3)4/h5-15H,1-4H3,(H2,22,23,24,25). The Morgan fingerprint density at radius 2 is 1.67 bits per heavy atom. The normalized spacial score (nSPS) is 10.6. The van der Waals surface area contributed by atoms with E-state index in [9.17, 15) is 0 Å². The molecule has 6 nitrogen and oxygen atoms in total. The van der Waals surface area contributed by atoms with Gasteiger partial charge in [0, 0.05) is 31.7 Å². The molecule has 0 saturated heterocycles. The van der Waals surface area contributed by atoms with E-state index in [0.717, 1.165) is 22.8 Å². The van der Waals surface area contributed by atoms with Gasteiger partial charge in [0.25, 0.3) is 0 Å². The van der Waals surface area contributed by atoms with Gasteiger partial charge in [-0.05, 0) is 56.3 Å². The lowest BCUT2D eigenvalue weighted by molar-refractivity contribution is 0.244. The molecule has 2 N–H and O–H groups in total. The Bertz CT molecular complexity index is 878. The van der Waals surface area contributed by atoms with Gasteiger partial charge in [-0.15, -0.1) is 0 Å². The van der Waals surface area contributed by atoms with Crippen molar-refractivity contribution in [1.29, 1.82) is 0 Å². The number of aromatic nitrogens is 2. The van der Waals surface area contributed by atoms with Crippen LogP contribution in [0.2, 0.25) is 0 Å². The van der Waals surface area contributed by atoms with E-state index in [0.29, 0.717) is 11.8 Å². The third kappa shape index (κ3) is 5.10. The molecule has 0 radical (unpaired) electrons. The molecule has 3 aromatic rings. The SMILES string of the molecule is CC(C)Oc1ccccc1Nc1ccnc(Nc2ccc(N(C)C)cc2)n1. The van der Waals surface area contributed by atoms with Crippen molar-refractivity contribution in [1.82, 2.24) is 9.97 Å². The summed E-state index contributed by atoms with van der Waals surface area (Å²) < 4.78 is 5.85. The summed E-state index contributed by atoms with van der Waals surface area (Å²) in [4.78, 5) is 10.9. The summed E-state index contributed by atoms with van der Waals surface area (Å²) in [5.74, 6) is 2.01. The van der Waals surface area contributed by atoms with Crippen molar-refractivity contribution < 1.29 is 4.74 Å². The fraction of sp³-hybridized carbons (Fsp3) is 0.238. The lowest BCUT2D eigenvalue weighted by Crippen LogP contribution is -2.08. The van der Waals surface area contributed by atoms with Gasteiger partial charge in [0.1, 0.15) is 11.6 Å². The van der Waals surface area contributed by atoms with Crippen LogP contribution in [0, 0.1) is 0 Å². The number of hydrogen-bond acceptors (Lipinski definition) is 6. The van der Waals surface area contributed by atoms with E-state index < -0.39 is 0 Å². The molecule has 140 valence electrons. The van der Waals surface area contributed by atoms with Crippen molar-refractivity contribution in [2.75, 3.05) is 29.6 Å². The molecule has 1 heterocycles. The number of nitrogens with zero attached hydrogens (tertiary/aromatic N) is 3. The van der Waals surface area contributed by atoms with Crippen molar-refractivity contribution >= 4 is 28.8 Å². The molecule has 0 aliphatic heterocycles. The van der Waals surface area contributed by atoms with E-state index in [1.54, 1.807) is 6.20 Å². The number of hydrogen-bond donors (Lipinski definition) is 2. The minimum absolute atomic E-state index is 0.0979. The van der Waals surface area contributed by atoms with Gasteiger partial charge in [0.15, 0.2) is 0 Å². The molecule has 2 aromatic carbocycles. The predicted octanol–water partition coefficient (Wildman–Crippen LogP) is 4.82. The van der Waals surface area contributed by atoms with E-state index in [1.165, 1.54) is 0 Å². The van der Waals surface area contributed by atoms with Gasteiger partial charge in [-0.25, -0.2) is 4.98 Å². The van der Waals surface area contributed by atoms with Crippen LogP contribution in [0.4, 0.5) is 28.8 Å². The predicted molar refractivity (Wildman–Crippen MR) is 112 cm³/mol. The molecule has 0 fully saturated rings. The lowest BCUT2D eigenvalue weighted by Gasteiger charge is -2.15. The van der Waals surface area contributed by atoms with Gasteiger partial charge in [-0.1, -0.05) is 12.1 Å². The van der Waals surface area contributed by atoms with E-state index >= 15 is 0 Å². The zero-order chi connectivity index (χ0) is 19.2. The Hall–Kier alpha value is -3.28. The summed E-state index contributed by atoms with van der Waals surface area (Å²) in [6.45, 7) is 4.01. The maximum absolute atomic E-state index is 5.85. The Morgan fingerprint density at radius 3 is 2.37 bits per heavy atom. The quantitative estimate of drug-likeness (QED) is 0.628. The first kappa shape index (κ1) is 18.5. The second-order valence-corrected chi connectivity index (χ2v) is 6.62. The Labute approximate surface area is 160 Å². The monoisotopic (exact) mass is 363 g/mol. The van der Waals surface area contributed by atoms with Crippen LogP contribution in [0.1, 0.15) is 13.8 Å². The van der Waals surface area contributed by atoms with E-state index in [1.807, 2.05) is 82.5 Å². The van der Waals surface area contributed by atoms with Gasteiger partial charge in [-0.3, -0.25) is 0 Å². The summed E-state index contributed by atoms with van der Waals surface area (Å²) in [6, 6.07) is 17.7. The van der Waals surface area contributed by atoms with Crippen LogP contribution in [-0.2, 0) is 0 Å². The largest absolute Gasteiger partial charge is 0.489 e. The third-order valence-corrected chi connectivity index (χ3v) is 3.81. The average Bonchev–Trinajstić information content (AvgIpc) is 2.64. The summed E-state index contributed by atoms with van der Waals surface area (Å²) in [5, 5.41) is 6.54. The average molecular weight is 363 g/mol. The molecule has 0 aliphatic rings. The van der Waals surface area contributed by atoms with Crippen molar-refractivity contribution in [2.45, 2.75) is 20.0 Å². The molecule has 0 amide bonds. The summed E-state index contributed by atoms with van der Waals surface area (Å²) in [5.41, 5.74) is 2.94. The summed E-state index contributed by atoms with van der Waals surface area (Å²) in [6.07, 6.45) is 1.82. The van der Waals surface area contributed by atoms with Crippen LogP contribution in [-0.4, -0.2) is 30.2 Å². The molecule has 0 aliphatic carbocycles. The molecule has 27 heavy (non-hydrogen) atoms. The maximum atomic E-state index is 5.85. The van der Waals surface area contributed by atoms with Gasteiger partial charge in [0.2, 0.25) is 5.95 Å². The summed E-state index contributed by atoms with van der Waals surface area (Å²) >= 11 is 0. The summed E-state index contributed by atoms with van der Waals surface area (Å²) in [7, 11) is 4.03. The Morgan fingerprint density at radius 1 is 0.926 bits per heavy atom. The second-order valence-electron chi connectivity index (χ2n) is 6.62. The van der Waals surface area contributed by atoms with E-state index in [2.05, 4.69) is 25.5 Å². The molecule has 0 bridgehead atoms. The molecule has 0 atom stereocenters. The van der Waals surface area contributed by atoms with Crippen LogP contribution in [0.15, 0.2) is 60.8 Å².